The summed E-state index contributed by atoms with van der Waals surface area (Å²) in [7, 11) is 0. The van der Waals surface area contributed by atoms with E-state index < -0.39 is 31.1 Å². The summed E-state index contributed by atoms with van der Waals surface area (Å²) in [5.41, 5.74) is 6.06. The van der Waals surface area contributed by atoms with Crippen molar-refractivity contribution >= 4 is 22.7 Å². The van der Waals surface area contributed by atoms with Crippen molar-refractivity contribution in [2.75, 3.05) is 68.9 Å². The maximum atomic E-state index is 10.5. The minimum absolute atomic E-state index is 0.392. The van der Waals surface area contributed by atoms with Crippen LogP contribution in [-0.4, -0.2) is 117 Å². The van der Waals surface area contributed by atoms with Gasteiger partial charge in [0.15, 0.2) is 23.2 Å². The van der Waals surface area contributed by atoms with Gasteiger partial charge in [-0.3, -0.25) is 9.47 Å². The van der Waals surface area contributed by atoms with Crippen LogP contribution >= 0.6 is 0 Å². The number of hydrogen-bond acceptors (Lipinski definition) is 11. The van der Waals surface area contributed by atoms with Crippen LogP contribution in [0.1, 0.15) is 11.8 Å². The number of aliphatic hydroxyl groups is 3. The molecule has 0 radical (unpaired) electrons. The van der Waals surface area contributed by atoms with Crippen molar-refractivity contribution in [1.82, 2.24) is 24.4 Å². The summed E-state index contributed by atoms with van der Waals surface area (Å²) >= 11 is 0. The Balaban J connectivity index is 1.01. The fourth-order valence-corrected chi connectivity index (χ4v) is 6.27. The largest absolute Gasteiger partial charge is 0.394 e. The molecule has 12 nitrogen and oxygen atoms in total. The second kappa shape index (κ2) is 12.2. The van der Waals surface area contributed by atoms with E-state index in [4.69, 9.17) is 9.47 Å². The third kappa shape index (κ3) is 5.57. The van der Waals surface area contributed by atoms with Gasteiger partial charge >= 0.3 is 0 Å². The Hall–Kier alpha value is -3.65. The Morgan fingerprint density at radius 2 is 1.58 bits per heavy atom. The number of aliphatic hydroxyl groups excluding tert-OH is 3. The summed E-state index contributed by atoms with van der Waals surface area (Å²) in [6.45, 7) is 7.31. The molecule has 12 heteroatoms. The normalized spacial score (nSPS) is 25.1. The first-order chi connectivity index (χ1) is 21.1. The smallest absolute Gasteiger partial charge is 0.167 e. The van der Waals surface area contributed by atoms with Crippen LogP contribution < -0.4 is 9.80 Å². The minimum Gasteiger partial charge on any atom is -0.394 e. The highest BCUT2D eigenvalue weighted by Gasteiger charge is 2.44. The second-order valence-corrected chi connectivity index (χ2v) is 11.4. The Kier molecular flexibility index (Phi) is 7.95. The van der Waals surface area contributed by atoms with Crippen LogP contribution in [0.15, 0.2) is 61.2 Å². The van der Waals surface area contributed by atoms with Crippen LogP contribution in [0.25, 0.3) is 22.3 Å². The zero-order valence-corrected chi connectivity index (χ0v) is 23.9. The number of hydrogen-bond donors (Lipinski definition) is 3. The van der Waals surface area contributed by atoms with Gasteiger partial charge in [0.05, 0.1) is 26.1 Å². The molecule has 7 rings (SSSR count). The molecule has 3 fully saturated rings. The zero-order valence-electron chi connectivity index (χ0n) is 23.9. The van der Waals surface area contributed by atoms with Gasteiger partial charge in [-0.25, -0.2) is 15.0 Å². The van der Waals surface area contributed by atoms with Crippen LogP contribution in [0, 0.1) is 0 Å². The van der Waals surface area contributed by atoms with Crippen LogP contribution in [0.5, 0.6) is 0 Å². The van der Waals surface area contributed by atoms with E-state index in [2.05, 4.69) is 78.2 Å². The number of piperazine rings is 1. The number of ether oxygens (including phenoxy) is 2. The first-order valence-corrected chi connectivity index (χ1v) is 14.9. The molecule has 3 saturated heterocycles. The summed E-state index contributed by atoms with van der Waals surface area (Å²) in [6, 6.07) is 17.6. The molecule has 3 aliphatic rings. The molecule has 226 valence electrons. The highest BCUT2D eigenvalue weighted by molar-refractivity contribution is 5.83. The number of morpholine rings is 1. The molecule has 2 aromatic carbocycles. The van der Waals surface area contributed by atoms with Gasteiger partial charge < -0.3 is 34.6 Å². The summed E-state index contributed by atoms with van der Waals surface area (Å²) in [6.07, 6.45) is -1.14. The fraction of sp³-hybridized carbons (Fsp3) is 0.452. The highest BCUT2D eigenvalue weighted by Crippen LogP contribution is 2.33. The number of fused-ring (bicyclic) bond motifs is 1. The molecule has 0 bridgehead atoms. The standard InChI is InChI=1S/C31H37N7O5/c39-18-25-27(40)28(41)31(43-25)38-20-34-26-29(32-19-33-30(26)38)37-10-8-36(9-11-37)24-6-4-22(5-7-24)23-3-1-2-21(16-23)17-35-12-14-42-15-13-35/h1-7,16,19-20,25,27-28,31,39-41H,8-15,17-18H2/t25-,27-,28-,31-/m1/s1. The van der Waals surface area contributed by atoms with E-state index in [9.17, 15) is 15.3 Å². The lowest BCUT2D eigenvalue weighted by atomic mass is 10.0. The molecule has 0 spiro atoms. The second-order valence-electron chi connectivity index (χ2n) is 11.4. The van der Waals surface area contributed by atoms with Gasteiger partial charge in [-0.05, 0) is 34.9 Å². The molecule has 3 N–H and O–H groups in total. The molecular weight excluding hydrogens is 550 g/mol. The van der Waals surface area contributed by atoms with Crippen molar-refractivity contribution in [3.8, 4) is 11.1 Å². The number of anilines is 2. The number of rotatable bonds is 7. The third-order valence-corrected chi connectivity index (χ3v) is 8.71. The monoisotopic (exact) mass is 587 g/mol. The number of imidazole rings is 1. The molecular formula is C31H37N7O5. The van der Waals surface area contributed by atoms with Crippen LogP contribution in [0.3, 0.4) is 0 Å². The summed E-state index contributed by atoms with van der Waals surface area (Å²) in [5, 5.41) is 30.2. The molecule has 4 aromatic rings. The van der Waals surface area contributed by atoms with Gasteiger partial charge in [0.25, 0.3) is 0 Å². The van der Waals surface area contributed by atoms with Crippen molar-refractivity contribution < 1.29 is 24.8 Å². The van der Waals surface area contributed by atoms with Gasteiger partial charge in [-0.15, -0.1) is 0 Å². The van der Waals surface area contributed by atoms with Crippen LogP contribution in [-0.2, 0) is 16.0 Å². The predicted molar refractivity (Wildman–Crippen MR) is 161 cm³/mol. The van der Waals surface area contributed by atoms with Crippen molar-refractivity contribution in [2.24, 2.45) is 0 Å². The minimum atomic E-state index is -1.21. The summed E-state index contributed by atoms with van der Waals surface area (Å²) in [5.74, 6) is 0.724. The molecule has 5 heterocycles. The molecule has 4 atom stereocenters. The average Bonchev–Trinajstić information content (AvgIpc) is 3.61. The molecule has 0 unspecified atom stereocenters. The Labute approximate surface area is 249 Å². The van der Waals surface area contributed by atoms with E-state index >= 15 is 0 Å². The van der Waals surface area contributed by atoms with Crippen LogP contribution in [0.2, 0.25) is 0 Å². The first kappa shape index (κ1) is 28.1. The van der Waals surface area contributed by atoms with Crippen molar-refractivity contribution in [3.63, 3.8) is 0 Å². The van der Waals surface area contributed by atoms with Gasteiger partial charge in [-0.1, -0.05) is 30.3 Å². The molecule has 2 aromatic heterocycles. The Morgan fingerprint density at radius 3 is 2.33 bits per heavy atom. The third-order valence-electron chi connectivity index (χ3n) is 8.71. The van der Waals surface area contributed by atoms with Crippen molar-refractivity contribution in [3.05, 3.63) is 66.7 Å². The number of nitrogens with zero attached hydrogens (tertiary/aromatic N) is 7. The van der Waals surface area contributed by atoms with E-state index in [1.165, 1.54) is 28.7 Å². The van der Waals surface area contributed by atoms with E-state index in [0.717, 1.165) is 64.8 Å². The van der Waals surface area contributed by atoms with Crippen LogP contribution in [0.4, 0.5) is 11.5 Å². The topological polar surface area (TPSA) is 132 Å². The SMILES string of the molecule is OC[C@H]1O[C@@H](n2cnc3c(N4CCN(c5ccc(-c6cccc(CN7CCOCC7)c6)cc5)CC4)ncnc32)[C@H](O)[C@@H]1O. The number of benzene rings is 2. The lowest BCUT2D eigenvalue weighted by Crippen LogP contribution is -2.47. The lowest BCUT2D eigenvalue weighted by Gasteiger charge is -2.36. The molecule has 0 saturated carbocycles. The van der Waals surface area contributed by atoms with Gasteiger partial charge in [0.1, 0.15) is 24.6 Å². The summed E-state index contributed by atoms with van der Waals surface area (Å²) in [4.78, 5) is 20.5. The molecule has 43 heavy (non-hydrogen) atoms. The first-order valence-electron chi connectivity index (χ1n) is 14.9. The quantitative estimate of drug-likeness (QED) is 0.289. The van der Waals surface area contributed by atoms with E-state index in [1.807, 2.05) is 0 Å². The van der Waals surface area contributed by atoms with Gasteiger partial charge in [0, 0.05) is 51.5 Å². The average molecular weight is 588 g/mol. The molecule has 3 aliphatic heterocycles. The molecule has 0 amide bonds. The van der Waals surface area contributed by atoms with Gasteiger partial charge in [0.2, 0.25) is 0 Å². The fourth-order valence-electron chi connectivity index (χ4n) is 6.27. The molecule has 0 aliphatic carbocycles. The predicted octanol–water partition coefficient (Wildman–Crippen LogP) is 1.26. The van der Waals surface area contributed by atoms with Gasteiger partial charge in [-0.2, -0.15) is 0 Å². The van der Waals surface area contributed by atoms with E-state index in [-0.39, 0.29) is 0 Å². The zero-order chi connectivity index (χ0) is 29.3. The Morgan fingerprint density at radius 1 is 0.814 bits per heavy atom. The maximum Gasteiger partial charge on any atom is 0.167 e. The van der Waals surface area contributed by atoms with Crippen molar-refractivity contribution in [2.45, 2.75) is 31.1 Å². The van der Waals surface area contributed by atoms with Crippen molar-refractivity contribution in [1.29, 1.82) is 0 Å². The Bertz CT molecular complexity index is 1540. The van der Waals surface area contributed by atoms with E-state index in [0.29, 0.717) is 11.2 Å². The summed E-state index contributed by atoms with van der Waals surface area (Å²) < 4.78 is 12.8. The number of aromatic nitrogens is 4. The maximum absolute atomic E-state index is 10.5. The highest BCUT2D eigenvalue weighted by atomic mass is 16.6. The lowest BCUT2D eigenvalue weighted by molar-refractivity contribution is -0.0511. The van der Waals surface area contributed by atoms with E-state index in [1.54, 1.807) is 10.9 Å².